The van der Waals surface area contributed by atoms with Gasteiger partial charge in [-0.05, 0) is 55.2 Å². The van der Waals surface area contributed by atoms with Crippen molar-refractivity contribution >= 4 is 11.0 Å². The number of para-hydroxylation sites is 1. The lowest BCUT2D eigenvalue weighted by molar-refractivity contribution is 0.122. The highest BCUT2D eigenvalue weighted by atomic mass is 16.6. The Labute approximate surface area is 208 Å². The average Bonchev–Trinajstić information content (AvgIpc) is 3.55. The Bertz CT molecular complexity index is 1500. The first kappa shape index (κ1) is 21.6. The van der Waals surface area contributed by atoms with E-state index < -0.39 is 0 Å². The van der Waals surface area contributed by atoms with Crippen LogP contribution in [0.4, 0.5) is 0 Å². The van der Waals surface area contributed by atoms with Gasteiger partial charge in [0.05, 0.1) is 18.4 Å². The summed E-state index contributed by atoms with van der Waals surface area (Å²) in [5.41, 5.74) is 4.11. The van der Waals surface area contributed by atoms with E-state index in [2.05, 4.69) is 34.0 Å². The number of aromatic amines is 1. The Balaban J connectivity index is 1.29. The van der Waals surface area contributed by atoms with Gasteiger partial charge in [-0.2, -0.15) is 5.10 Å². The van der Waals surface area contributed by atoms with Gasteiger partial charge in [0, 0.05) is 18.0 Å². The number of rotatable bonds is 3. The molecule has 1 fully saturated rings. The SMILES string of the molecule is CC1c2cc3c(cc2C2(CCCC2)CN1Cc1nc2c(cnn2-c2ccccc2)c(=O)[nH]1)OCCO3. The van der Waals surface area contributed by atoms with Crippen molar-refractivity contribution in [3.8, 4) is 17.2 Å². The molecule has 0 amide bonds. The highest BCUT2D eigenvalue weighted by Crippen LogP contribution is 2.52. The molecule has 7 rings (SSSR count). The predicted molar refractivity (Wildman–Crippen MR) is 136 cm³/mol. The molecule has 4 aromatic rings. The molecule has 2 aromatic heterocycles. The molecule has 0 saturated heterocycles. The number of hydrogen-bond donors (Lipinski definition) is 1. The third-order valence-electron chi connectivity index (χ3n) is 8.19. The maximum absolute atomic E-state index is 13.0. The van der Waals surface area contributed by atoms with Gasteiger partial charge in [-0.3, -0.25) is 9.69 Å². The molecule has 1 atom stereocenters. The van der Waals surface area contributed by atoms with Gasteiger partial charge < -0.3 is 14.5 Å². The Morgan fingerprint density at radius 3 is 2.61 bits per heavy atom. The van der Waals surface area contributed by atoms with Crippen LogP contribution in [0.2, 0.25) is 0 Å². The zero-order chi connectivity index (χ0) is 24.3. The zero-order valence-corrected chi connectivity index (χ0v) is 20.4. The van der Waals surface area contributed by atoms with Gasteiger partial charge in [-0.1, -0.05) is 31.0 Å². The second-order valence-corrected chi connectivity index (χ2v) is 10.3. The summed E-state index contributed by atoms with van der Waals surface area (Å²) in [6.07, 6.45) is 6.37. The van der Waals surface area contributed by atoms with Crippen molar-refractivity contribution in [1.29, 1.82) is 0 Å². The molecule has 1 unspecified atom stereocenters. The molecule has 36 heavy (non-hydrogen) atoms. The fourth-order valence-electron chi connectivity index (χ4n) is 6.38. The highest BCUT2D eigenvalue weighted by molar-refractivity contribution is 5.75. The van der Waals surface area contributed by atoms with Gasteiger partial charge in [0.25, 0.3) is 5.56 Å². The van der Waals surface area contributed by atoms with Crippen LogP contribution in [0.1, 0.15) is 55.6 Å². The number of H-pyrrole nitrogens is 1. The topological polar surface area (TPSA) is 85.3 Å². The number of nitrogens with zero attached hydrogens (tertiary/aromatic N) is 4. The van der Waals surface area contributed by atoms with Crippen molar-refractivity contribution in [1.82, 2.24) is 24.6 Å². The molecule has 4 heterocycles. The van der Waals surface area contributed by atoms with Crippen LogP contribution in [0, 0.1) is 0 Å². The molecule has 184 valence electrons. The number of nitrogens with one attached hydrogen (secondary N) is 1. The molecular formula is C28H29N5O3. The number of aromatic nitrogens is 4. The molecule has 0 radical (unpaired) electrons. The molecule has 1 spiro atoms. The average molecular weight is 484 g/mol. The third kappa shape index (κ3) is 3.35. The molecule has 3 aliphatic rings. The fourth-order valence-corrected chi connectivity index (χ4v) is 6.38. The molecular weight excluding hydrogens is 454 g/mol. The molecule has 8 heteroatoms. The molecule has 2 aromatic carbocycles. The molecule has 1 N–H and O–H groups in total. The first-order chi connectivity index (χ1) is 17.6. The minimum Gasteiger partial charge on any atom is -0.486 e. The van der Waals surface area contributed by atoms with Crippen LogP contribution >= 0.6 is 0 Å². The fraction of sp³-hybridized carbons (Fsp3) is 0.393. The van der Waals surface area contributed by atoms with E-state index in [1.807, 2.05) is 30.3 Å². The summed E-state index contributed by atoms with van der Waals surface area (Å²) in [4.78, 5) is 23.4. The Morgan fingerprint density at radius 1 is 1.08 bits per heavy atom. The summed E-state index contributed by atoms with van der Waals surface area (Å²) in [5, 5.41) is 4.95. The van der Waals surface area contributed by atoms with Crippen LogP contribution in [0.25, 0.3) is 16.7 Å². The van der Waals surface area contributed by atoms with Gasteiger partial charge in [-0.15, -0.1) is 0 Å². The summed E-state index contributed by atoms with van der Waals surface area (Å²) in [5.74, 6) is 2.37. The zero-order valence-electron chi connectivity index (χ0n) is 20.4. The number of ether oxygens (including phenoxy) is 2. The van der Waals surface area contributed by atoms with Crippen LogP contribution in [0.15, 0.2) is 53.5 Å². The van der Waals surface area contributed by atoms with Gasteiger partial charge in [0.15, 0.2) is 17.1 Å². The van der Waals surface area contributed by atoms with E-state index in [9.17, 15) is 4.79 Å². The maximum Gasteiger partial charge on any atom is 0.262 e. The van der Waals surface area contributed by atoms with Crippen molar-refractivity contribution in [2.45, 2.75) is 50.6 Å². The van der Waals surface area contributed by atoms with Crippen molar-refractivity contribution < 1.29 is 9.47 Å². The van der Waals surface area contributed by atoms with E-state index in [0.717, 1.165) is 36.6 Å². The summed E-state index contributed by atoms with van der Waals surface area (Å²) >= 11 is 0. The molecule has 8 nitrogen and oxygen atoms in total. The highest BCUT2D eigenvalue weighted by Gasteiger charge is 2.45. The van der Waals surface area contributed by atoms with Crippen LogP contribution in [-0.4, -0.2) is 44.4 Å². The van der Waals surface area contributed by atoms with E-state index >= 15 is 0 Å². The summed E-state index contributed by atoms with van der Waals surface area (Å²) in [6.45, 7) is 4.90. The van der Waals surface area contributed by atoms with E-state index in [-0.39, 0.29) is 17.0 Å². The Morgan fingerprint density at radius 2 is 1.83 bits per heavy atom. The van der Waals surface area contributed by atoms with E-state index in [0.29, 0.717) is 36.6 Å². The van der Waals surface area contributed by atoms with E-state index in [1.165, 1.54) is 24.0 Å². The summed E-state index contributed by atoms with van der Waals surface area (Å²) in [7, 11) is 0. The van der Waals surface area contributed by atoms with Crippen molar-refractivity contribution in [2.24, 2.45) is 0 Å². The quantitative estimate of drug-likeness (QED) is 0.469. The number of benzene rings is 2. The first-order valence-corrected chi connectivity index (χ1v) is 12.8. The van der Waals surface area contributed by atoms with E-state index in [1.54, 1.807) is 10.9 Å². The summed E-state index contributed by atoms with van der Waals surface area (Å²) < 4.78 is 13.6. The number of hydrogen-bond acceptors (Lipinski definition) is 6. The second kappa shape index (κ2) is 8.20. The van der Waals surface area contributed by atoms with Crippen molar-refractivity contribution in [2.75, 3.05) is 19.8 Å². The van der Waals surface area contributed by atoms with Gasteiger partial charge in [0.1, 0.15) is 24.4 Å². The Hall–Kier alpha value is -3.65. The molecule has 1 saturated carbocycles. The van der Waals surface area contributed by atoms with Crippen LogP contribution in [0.5, 0.6) is 11.5 Å². The van der Waals surface area contributed by atoms with Crippen molar-refractivity contribution in [3.05, 3.63) is 76.0 Å². The lowest BCUT2D eigenvalue weighted by atomic mass is 9.71. The van der Waals surface area contributed by atoms with Crippen LogP contribution < -0.4 is 15.0 Å². The van der Waals surface area contributed by atoms with Crippen LogP contribution in [0.3, 0.4) is 0 Å². The van der Waals surface area contributed by atoms with Gasteiger partial charge in [-0.25, -0.2) is 9.67 Å². The van der Waals surface area contributed by atoms with Crippen LogP contribution in [-0.2, 0) is 12.0 Å². The maximum atomic E-state index is 13.0. The second-order valence-electron chi connectivity index (χ2n) is 10.3. The molecule has 1 aliphatic carbocycles. The smallest absolute Gasteiger partial charge is 0.262 e. The largest absolute Gasteiger partial charge is 0.486 e. The third-order valence-corrected chi connectivity index (χ3v) is 8.19. The van der Waals surface area contributed by atoms with E-state index in [4.69, 9.17) is 14.5 Å². The molecule has 0 bridgehead atoms. The normalized spacial score (nSPS) is 20.6. The predicted octanol–water partition coefficient (Wildman–Crippen LogP) is 4.27. The minimum atomic E-state index is -0.155. The molecule has 2 aliphatic heterocycles. The Kier molecular flexibility index (Phi) is 4.92. The first-order valence-electron chi connectivity index (χ1n) is 12.8. The number of fused-ring (bicyclic) bond motifs is 4. The summed E-state index contributed by atoms with van der Waals surface area (Å²) in [6, 6.07) is 14.4. The van der Waals surface area contributed by atoms with Gasteiger partial charge >= 0.3 is 0 Å². The van der Waals surface area contributed by atoms with Crippen molar-refractivity contribution in [3.63, 3.8) is 0 Å². The lowest BCUT2D eigenvalue weighted by Crippen LogP contribution is -2.46. The monoisotopic (exact) mass is 483 g/mol. The standard InChI is InChI=1S/C28H29N5O3/c1-18-20-13-23-24(36-12-11-35-23)14-22(20)28(9-5-6-10-28)17-32(18)16-25-30-26-21(27(34)31-25)15-29-33(26)19-7-3-2-4-8-19/h2-4,7-8,13-15,18H,5-6,9-12,16-17H2,1H3,(H,30,31,34). The van der Waals surface area contributed by atoms with Gasteiger partial charge in [0.2, 0.25) is 0 Å². The minimum absolute atomic E-state index is 0.0912. The lowest BCUT2D eigenvalue weighted by Gasteiger charge is -2.46.